The largest absolute Gasteiger partial charge is 0.329 e. The van der Waals surface area contributed by atoms with Gasteiger partial charge < -0.3 is 4.98 Å². The average Bonchev–Trinajstić information content (AvgIpc) is 2.49. The lowest BCUT2D eigenvalue weighted by Crippen LogP contribution is -2.01. The molecule has 0 unspecified atom stereocenters. The fraction of sp³-hybridized carbons (Fsp3) is 0.125. The van der Waals surface area contributed by atoms with Crippen molar-refractivity contribution in [1.82, 2.24) is 4.98 Å². The van der Waals surface area contributed by atoms with Crippen LogP contribution in [0, 0.1) is 0 Å². The van der Waals surface area contributed by atoms with Crippen molar-refractivity contribution in [3.63, 3.8) is 0 Å². The van der Waals surface area contributed by atoms with Gasteiger partial charge in [-0.25, -0.2) is 0 Å². The van der Waals surface area contributed by atoms with Crippen LogP contribution < -0.4 is 5.56 Å². The van der Waals surface area contributed by atoms with Gasteiger partial charge >= 0.3 is 0 Å². The Kier molecular flexibility index (Phi) is 1.90. The second-order valence-electron chi connectivity index (χ2n) is 2.43. The molecular formula is C8H6ClNOS. The third-order valence-corrected chi connectivity index (χ3v) is 3.18. The fourth-order valence-electron chi connectivity index (χ4n) is 1.10. The van der Waals surface area contributed by atoms with E-state index in [1.807, 2.05) is 12.1 Å². The molecule has 0 aliphatic heterocycles. The Morgan fingerprint density at radius 1 is 1.58 bits per heavy atom. The maximum atomic E-state index is 11.2. The molecule has 2 aromatic heterocycles. The lowest BCUT2D eigenvalue weighted by atomic mass is 10.3. The van der Waals surface area contributed by atoms with Crippen LogP contribution in [0.2, 0.25) is 0 Å². The summed E-state index contributed by atoms with van der Waals surface area (Å²) < 4.78 is 0.995. The van der Waals surface area contributed by atoms with Crippen molar-refractivity contribution in [1.29, 1.82) is 0 Å². The Labute approximate surface area is 77.8 Å². The molecule has 1 N–H and O–H groups in total. The van der Waals surface area contributed by atoms with Gasteiger partial charge in [0.05, 0.1) is 11.3 Å². The highest BCUT2D eigenvalue weighted by molar-refractivity contribution is 7.19. The molecule has 0 amide bonds. The van der Waals surface area contributed by atoms with Gasteiger partial charge in [-0.1, -0.05) is 0 Å². The molecule has 12 heavy (non-hydrogen) atoms. The van der Waals surface area contributed by atoms with E-state index in [0.717, 1.165) is 15.0 Å². The monoisotopic (exact) mass is 199 g/mol. The summed E-state index contributed by atoms with van der Waals surface area (Å²) in [7, 11) is 0. The van der Waals surface area contributed by atoms with Crippen LogP contribution in [0.1, 0.15) is 4.88 Å². The second kappa shape index (κ2) is 2.92. The minimum Gasteiger partial charge on any atom is -0.329 e. The predicted octanol–water partition coefficient (Wildman–Crippen LogP) is 2.33. The summed E-state index contributed by atoms with van der Waals surface area (Å²) in [5.74, 6) is 0.471. The van der Waals surface area contributed by atoms with Gasteiger partial charge in [-0.2, -0.15) is 0 Å². The molecule has 0 aromatic carbocycles. The van der Waals surface area contributed by atoms with Crippen molar-refractivity contribution in [3.05, 3.63) is 33.6 Å². The van der Waals surface area contributed by atoms with Crippen LogP contribution >= 0.6 is 22.9 Å². The number of aromatic amines is 1. The number of thiophene rings is 1. The zero-order valence-corrected chi connectivity index (χ0v) is 7.71. The molecule has 2 nitrogen and oxygen atoms in total. The van der Waals surface area contributed by atoms with E-state index in [1.54, 1.807) is 17.5 Å². The number of hydrogen-bond acceptors (Lipinski definition) is 2. The van der Waals surface area contributed by atoms with Crippen LogP contribution in [0.25, 0.3) is 10.1 Å². The molecule has 2 heterocycles. The molecule has 2 rings (SSSR count). The summed E-state index contributed by atoms with van der Waals surface area (Å²) in [4.78, 5) is 14.9. The first-order valence-electron chi connectivity index (χ1n) is 3.47. The first-order valence-corrected chi connectivity index (χ1v) is 4.82. The predicted molar refractivity (Wildman–Crippen MR) is 52.0 cm³/mol. The summed E-state index contributed by atoms with van der Waals surface area (Å²) in [5, 5.41) is 0.734. The van der Waals surface area contributed by atoms with E-state index >= 15 is 0 Å². The minimum atomic E-state index is -0.0416. The van der Waals surface area contributed by atoms with E-state index in [0.29, 0.717) is 5.88 Å². The van der Waals surface area contributed by atoms with Gasteiger partial charge in [0.25, 0.3) is 5.56 Å². The maximum absolute atomic E-state index is 11.2. The topological polar surface area (TPSA) is 32.9 Å². The van der Waals surface area contributed by atoms with Gasteiger partial charge in [0.15, 0.2) is 0 Å². The number of hydrogen-bond donors (Lipinski definition) is 1. The zero-order valence-electron chi connectivity index (χ0n) is 6.13. The highest BCUT2D eigenvalue weighted by atomic mass is 35.5. The highest BCUT2D eigenvalue weighted by Crippen LogP contribution is 2.23. The quantitative estimate of drug-likeness (QED) is 0.703. The molecule has 0 atom stereocenters. The third-order valence-electron chi connectivity index (χ3n) is 1.64. The lowest BCUT2D eigenvalue weighted by Gasteiger charge is -1.83. The number of fused-ring (bicyclic) bond motifs is 1. The maximum Gasteiger partial charge on any atom is 0.256 e. The Balaban J connectivity index is 2.83. The Bertz CT molecular complexity index is 459. The van der Waals surface area contributed by atoms with Crippen molar-refractivity contribution in [3.8, 4) is 0 Å². The molecule has 0 bridgehead atoms. The number of H-pyrrole nitrogens is 1. The van der Waals surface area contributed by atoms with Crippen LogP contribution in [0.4, 0.5) is 0 Å². The number of rotatable bonds is 1. The number of pyridine rings is 1. The molecule has 2 aromatic rings. The number of aromatic nitrogens is 1. The Hall–Kier alpha value is -0.800. The Morgan fingerprint density at radius 2 is 2.42 bits per heavy atom. The standard InChI is InChI=1S/C8H6ClNOS/c9-4-5-3-6-7(12-5)1-2-10-8(6)11/h1-3H,4H2,(H,10,11). The van der Waals surface area contributed by atoms with E-state index in [2.05, 4.69) is 4.98 Å². The average molecular weight is 200 g/mol. The molecule has 0 aliphatic rings. The normalized spacial score (nSPS) is 10.8. The van der Waals surface area contributed by atoms with Crippen molar-refractivity contribution in [2.75, 3.05) is 0 Å². The third kappa shape index (κ3) is 1.15. The summed E-state index contributed by atoms with van der Waals surface area (Å²) in [5.41, 5.74) is -0.0416. The van der Waals surface area contributed by atoms with Crippen molar-refractivity contribution in [2.24, 2.45) is 0 Å². The van der Waals surface area contributed by atoms with Gasteiger partial charge in [-0.15, -0.1) is 22.9 Å². The van der Waals surface area contributed by atoms with Crippen LogP contribution in [-0.4, -0.2) is 4.98 Å². The van der Waals surface area contributed by atoms with Crippen LogP contribution in [0.15, 0.2) is 23.1 Å². The molecule has 0 radical (unpaired) electrons. The molecular weight excluding hydrogens is 194 g/mol. The number of alkyl halides is 1. The summed E-state index contributed by atoms with van der Waals surface area (Å²) >= 11 is 7.21. The summed E-state index contributed by atoms with van der Waals surface area (Å²) in [6.45, 7) is 0. The van der Waals surface area contributed by atoms with Crippen molar-refractivity contribution >= 4 is 33.0 Å². The molecule has 0 fully saturated rings. The van der Waals surface area contributed by atoms with Gasteiger partial charge in [-0.05, 0) is 12.1 Å². The summed E-state index contributed by atoms with van der Waals surface area (Å²) in [6, 6.07) is 3.73. The van der Waals surface area contributed by atoms with E-state index in [1.165, 1.54) is 0 Å². The van der Waals surface area contributed by atoms with Gasteiger partial charge in [-0.3, -0.25) is 4.79 Å². The Morgan fingerprint density at radius 3 is 3.08 bits per heavy atom. The fourth-order valence-corrected chi connectivity index (χ4v) is 2.25. The summed E-state index contributed by atoms with van der Waals surface area (Å²) in [6.07, 6.45) is 1.65. The number of nitrogens with one attached hydrogen (secondary N) is 1. The van der Waals surface area contributed by atoms with Crippen LogP contribution in [-0.2, 0) is 5.88 Å². The SMILES string of the molecule is O=c1[nH]ccc2sc(CCl)cc12. The molecule has 0 saturated carbocycles. The van der Waals surface area contributed by atoms with Gasteiger partial charge in [0.1, 0.15) is 0 Å². The molecule has 0 spiro atoms. The molecule has 4 heteroatoms. The van der Waals surface area contributed by atoms with E-state index in [4.69, 9.17) is 11.6 Å². The smallest absolute Gasteiger partial charge is 0.256 e. The first-order chi connectivity index (χ1) is 5.81. The van der Waals surface area contributed by atoms with E-state index in [-0.39, 0.29) is 5.56 Å². The first kappa shape index (κ1) is 7.83. The van der Waals surface area contributed by atoms with E-state index < -0.39 is 0 Å². The van der Waals surface area contributed by atoms with Gasteiger partial charge in [0.2, 0.25) is 0 Å². The molecule has 0 aliphatic carbocycles. The van der Waals surface area contributed by atoms with Crippen LogP contribution in [0.3, 0.4) is 0 Å². The molecule has 0 saturated heterocycles. The van der Waals surface area contributed by atoms with Crippen molar-refractivity contribution in [2.45, 2.75) is 5.88 Å². The lowest BCUT2D eigenvalue weighted by molar-refractivity contribution is 1.28. The molecule has 62 valence electrons. The second-order valence-corrected chi connectivity index (χ2v) is 3.87. The van der Waals surface area contributed by atoms with Crippen molar-refractivity contribution < 1.29 is 0 Å². The van der Waals surface area contributed by atoms with Gasteiger partial charge in [0, 0.05) is 15.8 Å². The number of halogens is 1. The highest BCUT2D eigenvalue weighted by Gasteiger charge is 2.02. The van der Waals surface area contributed by atoms with E-state index in [9.17, 15) is 4.79 Å². The van der Waals surface area contributed by atoms with Crippen LogP contribution in [0.5, 0.6) is 0 Å². The zero-order chi connectivity index (χ0) is 8.55. The minimum absolute atomic E-state index is 0.0416.